The fraction of sp³-hybridized carbons (Fsp3) is 0.907. The van der Waals surface area contributed by atoms with Crippen molar-refractivity contribution in [1.82, 2.24) is 0 Å². The molecular weight excluding hydrogens is 612 g/mol. The maximum absolute atomic E-state index is 12.0. The quantitative estimate of drug-likeness (QED) is 0.0300. The molecule has 1 fully saturated rings. The van der Waals surface area contributed by atoms with E-state index in [9.17, 15) is 14.7 Å². The Kier molecular flexibility index (Phi) is 32.6. The highest BCUT2D eigenvalue weighted by atomic mass is 16.6. The van der Waals surface area contributed by atoms with Crippen LogP contribution in [0.2, 0.25) is 0 Å². The number of epoxide rings is 1. The van der Waals surface area contributed by atoms with Gasteiger partial charge in [0, 0.05) is 12.8 Å². The molecule has 1 aliphatic heterocycles. The monoisotopic (exact) mass is 693 g/mol. The lowest BCUT2D eigenvalue weighted by Crippen LogP contribution is -2.25. The Balaban J connectivity index is 1.78. The van der Waals surface area contributed by atoms with Crippen molar-refractivity contribution in [3.63, 3.8) is 0 Å². The van der Waals surface area contributed by atoms with Crippen molar-refractivity contribution in [3.8, 4) is 0 Å². The number of allylic oxidation sites excluding steroid dienone is 1. The van der Waals surface area contributed by atoms with Gasteiger partial charge in [0.1, 0.15) is 19.3 Å². The Morgan fingerprint density at radius 1 is 0.531 bits per heavy atom. The van der Waals surface area contributed by atoms with Gasteiger partial charge in [-0.1, -0.05) is 180 Å². The first kappa shape index (κ1) is 45.6. The zero-order valence-electron chi connectivity index (χ0n) is 32.4. The average molecular weight is 693 g/mol. The molecule has 0 amide bonds. The first-order chi connectivity index (χ1) is 24.1. The number of ether oxygens (including phenoxy) is 3. The Bertz CT molecular complexity index is 767. The zero-order chi connectivity index (χ0) is 35.5. The Hall–Kier alpha value is -1.40. The Labute approximate surface area is 303 Å². The van der Waals surface area contributed by atoms with E-state index in [4.69, 9.17) is 14.2 Å². The normalized spacial score (nSPS) is 16.3. The summed E-state index contributed by atoms with van der Waals surface area (Å²) in [5, 5.41) is 10.0. The molecule has 6 nitrogen and oxygen atoms in total. The number of carbonyl (C=O) groups is 2. The molecule has 1 N–H and O–H groups in total. The number of esters is 2. The van der Waals surface area contributed by atoms with Gasteiger partial charge in [0.15, 0.2) is 0 Å². The molecule has 1 heterocycles. The second-order valence-electron chi connectivity index (χ2n) is 14.9. The van der Waals surface area contributed by atoms with Crippen LogP contribution in [-0.4, -0.2) is 48.6 Å². The first-order valence-corrected chi connectivity index (χ1v) is 21.4. The van der Waals surface area contributed by atoms with Crippen molar-refractivity contribution in [3.05, 3.63) is 12.2 Å². The summed E-state index contributed by atoms with van der Waals surface area (Å²) in [5.41, 5.74) is 0. The third kappa shape index (κ3) is 32.3. The molecule has 0 radical (unpaired) electrons. The van der Waals surface area contributed by atoms with E-state index in [1.54, 1.807) is 0 Å². The minimum Gasteiger partial charge on any atom is -0.463 e. The molecule has 0 aromatic carbocycles. The number of carbonyl (C=O) groups excluding carboxylic acids is 2. The summed E-state index contributed by atoms with van der Waals surface area (Å²) in [6, 6.07) is 0. The van der Waals surface area contributed by atoms with Gasteiger partial charge in [-0.2, -0.15) is 0 Å². The van der Waals surface area contributed by atoms with Crippen LogP contribution in [-0.2, 0) is 23.8 Å². The summed E-state index contributed by atoms with van der Waals surface area (Å²) < 4.78 is 16.1. The van der Waals surface area contributed by atoms with Gasteiger partial charge in [-0.05, 0) is 38.5 Å². The zero-order valence-corrected chi connectivity index (χ0v) is 32.4. The van der Waals surface area contributed by atoms with E-state index in [2.05, 4.69) is 26.0 Å². The summed E-state index contributed by atoms with van der Waals surface area (Å²) in [6.07, 6.45) is 43.0. The van der Waals surface area contributed by atoms with E-state index >= 15 is 0 Å². The molecule has 0 spiro atoms. The van der Waals surface area contributed by atoms with E-state index in [1.807, 2.05) is 0 Å². The van der Waals surface area contributed by atoms with Gasteiger partial charge < -0.3 is 19.3 Å². The predicted octanol–water partition coefficient (Wildman–Crippen LogP) is 12.3. The lowest BCUT2D eigenvalue weighted by atomic mass is 10.0. The van der Waals surface area contributed by atoms with E-state index in [1.165, 1.54) is 141 Å². The molecule has 2 unspecified atom stereocenters. The summed E-state index contributed by atoms with van der Waals surface area (Å²) in [6.45, 7) is 4.28. The third-order valence-corrected chi connectivity index (χ3v) is 9.92. The summed E-state index contributed by atoms with van der Waals surface area (Å²) >= 11 is 0. The van der Waals surface area contributed by atoms with Crippen molar-refractivity contribution in [2.75, 3.05) is 13.2 Å². The van der Waals surface area contributed by atoms with Gasteiger partial charge in [-0.25, -0.2) is 0 Å². The highest BCUT2D eigenvalue weighted by Crippen LogP contribution is 2.30. The van der Waals surface area contributed by atoms with Gasteiger partial charge in [0.25, 0.3) is 0 Å². The molecule has 288 valence electrons. The van der Waals surface area contributed by atoms with Crippen molar-refractivity contribution in [2.24, 2.45) is 0 Å². The molecular formula is C43H80O6. The number of hydrogen-bond acceptors (Lipinski definition) is 6. The minimum absolute atomic E-state index is 0.118. The molecule has 1 saturated heterocycles. The van der Waals surface area contributed by atoms with Crippen LogP contribution in [0.15, 0.2) is 12.2 Å². The minimum atomic E-state index is -0.968. The van der Waals surface area contributed by atoms with Crippen LogP contribution in [0.25, 0.3) is 0 Å². The molecule has 1 aliphatic rings. The lowest BCUT2D eigenvalue weighted by Gasteiger charge is -2.12. The van der Waals surface area contributed by atoms with Crippen LogP contribution in [0.1, 0.15) is 219 Å². The number of hydrogen-bond donors (Lipinski definition) is 1. The molecule has 49 heavy (non-hydrogen) atoms. The Morgan fingerprint density at radius 2 is 0.918 bits per heavy atom. The fourth-order valence-electron chi connectivity index (χ4n) is 6.56. The van der Waals surface area contributed by atoms with E-state index in [0.717, 1.165) is 51.4 Å². The van der Waals surface area contributed by atoms with Crippen molar-refractivity contribution in [2.45, 2.75) is 238 Å². The lowest BCUT2D eigenvalue weighted by molar-refractivity contribution is -0.152. The van der Waals surface area contributed by atoms with Crippen molar-refractivity contribution in [1.29, 1.82) is 0 Å². The van der Waals surface area contributed by atoms with Crippen LogP contribution in [0.3, 0.4) is 0 Å². The summed E-state index contributed by atoms with van der Waals surface area (Å²) in [4.78, 5) is 24.0. The van der Waals surface area contributed by atoms with Crippen LogP contribution in [0, 0.1) is 0 Å². The molecule has 0 bridgehead atoms. The van der Waals surface area contributed by atoms with Gasteiger partial charge in [0.2, 0.25) is 0 Å². The summed E-state index contributed by atoms with van der Waals surface area (Å²) in [5.74, 6) is -0.575. The van der Waals surface area contributed by atoms with Crippen LogP contribution < -0.4 is 0 Å². The van der Waals surface area contributed by atoms with E-state index in [-0.39, 0.29) is 25.2 Å². The molecule has 6 heteroatoms. The summed E-state index contributed by atoms with van der Waals surface area (Å²) in [7, 11) is 0. The third-order valence-electron chi connectivity index (χ3n) is 9.92. The van der Waals surface area contributed by atoms with Gasteiger partial charge in [-0.15, -0.1) is 0 Å². The second kappa shape index (κ2) is 35.0. The number of aliphatic hydroxyl groups excluding tert-OH is 1. The first-order valence-electron chi connectivity index (χ1n) is 21.4. The number of rotatable bonds is 38. The Morgan fingerprint density at radius 3 is 1.37 bits per heavy atom. The van der Waals surface area contributed by atoms with Crippen LogP contribution in [0.4, 0.5) is 0 Å². The smallest absolute Gasteiger partial charge is 0.305 e. The largest absolute Gasteiger partial charge is 0.463 e. The second-order valence-corrected chi connectivity index (χ2v) is 14.9. The molecule has 3 atom stereocenters. The SMILES string of the molecule is CCCCCCCCCCCCCCCCCCCCCC(=O)OC[C@H](O)COC(=O)CCCCCCC/C=C\CC1OC1CCCCC. The number of unbranched alkanes of at least 4 members (excludes halogenated alkanes) is 25. The van der Waals surface area contributed by atoms with Gasteiger partial charge in [-0.3, -0.25) is 9.59 Å². The molecule has 0 aromatic heterocycles. The van der Waals surface area contributed by atoms with Gasteiger partial charge in [0.05, 0.1) is 12.2 Å². The topological polar surface area (TPSA) is 85.4 Å². The van der Waals surface area contributed by atoms with E-state index in [0.29, 0.717) is 25.0 Å². The van der Waals surface area contributed by atoms with E-state index < -0.39 is 6.10 Å². The van der Waals surface area contributed by atoms with Crippen LogP contribution >= 0.6 is 0 Å². The van der Waals surface area contributed by atoms with Crippen molar-refractivity contribution < 1.29 is 28.9 Å². The molecule has 0 aromatic rings. The maximum Gasteiger partial charge on any atom is 0.305 e. The molecule has 0 aliphatic carbocycles. The highest BCUT2D eigenvalue weighted by Gasteiger charge is 2.36. The van der Waals surface area contributed by atoms with Crippen LogP contribution in [0.5, 0.6) is 0 Å². The fourth-order valence-corrected chi connectivity index (χ4v) is 6.56. The standard InChI is InChI=1S/C43H80O6/c1-3-5-7-8-9-10-11-12-13-14-15-16-17-18-19-20-24-27-31-35-42(45)47-37-39(44)38-48-43(46)36-32-28-25-22-21-23-26-30-34-41-40(49-41)33-29-6-4-2/h26,30,39-41,44H,3-25,27-29,31-38H2,1-2H3/b30-26-/t39-,40?,41?/m0/s1. The maximum atomic E-state index is 12.0. The average Bonchev–Trinajstić information content (AvgIpc) is 3.86. The predicted molar refractivity (Wildman–Crippen MR) is 205 cm³/mol. The van der Waals surface area contributed by atoms with Crippen molar-refractivity contribution >= 4 is 11.9 Å². The van der Waals surface area contributed by atoms with Gasteiger partial charge >= 0.3 is 11.9 Å². The number of aliphatic hydroxyl groups is 1. The molecule has 1 rings (SSSR count). The highest BCUT2D eigenvalue weighted by molar-refractivity contribution is 5.69. The molecule has 0 saturated carbocycles.